The molecule has 2 nitrogen and oxygen atoms in total. The van der Waals surface area contributed by atoms with Crippen LogP contribution in [0, 0.1) is 28.6 Å². The molecular weight excluding hydrogens is 318 g/mol. The Balaban J connectivity index is 1.48. The monoisotopic (exact) mass is 349 g/mol. The van der Waals surface area contributed by atoms with Crippen molar-refractivity contribution in [2.45, 2.75) is 64.9 Å². The highest BCUT2D eigenvalue weighted by Gasteiger charge is 2.56. The van der Waals surface area contributed by atoms with Crippen molar-refractivity contribution in [2.75, 3.05) is 0 Å². The predicted molar refractivity (Wildman–Crippen MR) is 105 cm³/mol. The van der Waals surface area contributed by atoms with E-state index in [-0.39, 0.29) is 6.10 Å². The summed E-state index contributed by atoms with van der Waals surface area (Å²) in [7, 11) is 0. The Labute approximate surface area is 157 Å². The summed E-state index contributed by atoms with van der Waals surface area (Å²) in [5.74, 6) is 2.36. The van der Waals surface area contributed by atoms with Crippen molar-refractivity contribution in [1.82, 2.24) is 4.98 Å². The van der Waals surface area contributed by atoms with Crippen LogP contribution < -0.4 is 0 Å². The third kappa shape index (κ3) is 2.24. The van der Waals surface area contributed by atoms with Gasteiger partial charge >= 0.3 is 0 Å². The zero-order valence-electron chi connectivity index (χ0n) is 16.1. The Morgan fingerprint density at radius 1 is 1.04 bits per heavy atom. The van der Waals surface area contributed by atoms with Gasteiger partial charge in [0, 0.05) is 12.4 Å². The Hall–Kier alpha value is -1.41. The van der Waals surface area contributed by atoms with Crippen molar-refractivity contribution < 1.29 is 5.11 Å². The van der Waals surface area contributed by atoms with Crippen molar-refractivity contribution in [2.24, 2.45) is 28.6 Å². The average molecular weight is 350 g/mol. The van der Waals surface area contributed by atoms with Crippen LogP contribution in [-0.4, -0.2) is 16.2 Å². The van der Waals surface area contributed by atoms with Crippen LogP contribution >= 0.6 is 0 Å². The van der Waals surface area contributed by atoms with E-state index in [2.05, 4.69) is 43.1 Å². The average Bonchev–Trinajstić information content (AvgIpc) is 3.00. The van der Waals surface area contributed by atoms with E-state index < -0.39 is 0 Å². The second kappa shape index (κ2) is 5.79. The summed E-state index contributed by atoms with van der Waals surface area (Å²) in [6, 6.07) is 4.31. The van der Waals surface area contributed by atoms with Gasteiger partial charge in [-0.05, 0) is 90.7 Å². The van der Waals surface area contributed by atoms with Crippen molar-refractivity contribution in [3.8, 4) is 0 Å². The third-order valence-electron chi connectivity index (χ3n) is 8.63. The smallest absolute Gasteiger partial charge is 0.0577 e. The maximum absolute atomic E-state index is 10.2. The van der Waals surface area contributed by atoms with E-state index in [9.17, 15) is 5.11 Å². The number of rotatable bonds is 1. The maximum Gasteiger partial charge on any atom is 0.0577 e. The van der Waals surface area contributed by atoms with E-state index in [4.69, 9.17) is 0 Å². The Morgan fingerprint density at radius 3 is 2.69 bits per heavy atom. The lowest BCUT2D eigenvalue weighted by Crippen LogP contribution is -2.49. The summed E-state index contributed by atoms with van der Waals surface area (Å²) >= 11 is 0. The maximum atomic E-state index is 10.2. The molecule has 2 heteroatoms. The van der Waals surface area contributed by atoms with Crippen LogP contribution in [0.15, 0.2) is 42.3 Å². The molecule has 5 rings (SSSR count). The van der Waals surface area contributed by atoms with Gasteiger partial charge in [0.05, 0.1) is 6.10 Å². The van der Waals surface area contributed by atoms with E-state index in [1.807, 2.05) is 12.4 Å². The van der Waals surface area contributed by atoms with Gasteiger partial charge in [-0.15, -0.1) is 0 Å². The van der Waals surface area contributed by atoms with Crippen LogP contribution in [0.1, 0.15) is 64.4 Å². The molecule has 2 fully saturated rings. The second-order valence-corrected chi connectivity index (χ2v) is 9.71. The summed E-state index contributed by atoms with van der Waals surface area (Å²) in [4.78, 5) is 4.38. The number of aliphatic hydroxyl groups excluding tert-OH is 1. The number of nitrogens with zero attached hydrogens (tertiary/aromatic N) is 1. The molecule has 0 radical (unpaired) electrons. The van der Waals surface area contributed by atoms with Crippen molar-refractivity contribution >= 4 is 5.57 Å². The van der Waals surface area contributed by atoms with Crippen molar-refractivity contribution in [3.63, 3.8) is 0 Å². The predicted octanol–water partition coefficient (Wildman–Crippen LogP) is 5.40. The Morgan fingerprint density at radius 2 is 1.88 bits per heavy atom. The molecule has 0 saturated heterocycles. The summed E-state index contributed by atoms with van der Waals surface area (Å²) in [6.07, 6.45) is 17.0. The summed E-state index contributed by atoms with van der Waals surface area (Å²) in [5, 5.41) is 10.2. The number of aromatic nitrogens is 1. The van der Waals surface area contributed by atoms with E-state index in [0.29, 0.717) is 10.8 Å². The fraction of sp³-hybridized carbons (Fsp3) is 0.625. The minimum absolute atomic E-state index is 0.106. The van der Waals surface area contributed by atoms with Gasteiger partial charge in [0.1, 0.15) is 0 Å². The topological polar surface area (TPSA) is 33.1 Å². The highest BCUT2D eigenvalue weighted by Crippen LogP contribution is 2.66. The first kappa shape index (κ1) is 16.7. The molecule has 1 N–H and O–H groups in total. The van der Waals surface area contributed by atoms with Crippen molar-refractivity contribution in [3.05, 3.63) is 47.8 Å². The molecule has 2 saturated carbocycles. The van der Waals surface area contributed by atoms with Crippen LogP contribution in [0.25, 0.3) is 5.57 Å². The molecule has 0 amide bonds. The van der Waals surface area contributed by atoms with Gasteiger partial charge in [0.15, 0.2) is 0 Å². The zero-order chi connectivity index (χ0) is 17.9. The lowest BCUT2D eigenvalue weighted by Gasteiger charge is -2.57. The van der Waals surface area contributed by atoms with Gasteiger partial charge in [-0.1, -0.05) is 37.6 Å². The first-order valence-electron chi connectivity index (χ1n) is 10.5. The molecule has 1 aromatic heterocycles. The van der Waals surface area contributed by atoms with E-state index in [1.165, 1.54) is 37.7 Å². The Bertz CT molecular complexity index is 766. The lowest BCUT2D eigenvalue weighted by molar-refractivity contribution is -0.0238. The molecule has 4 aliphatic carbocycles. The number of fused-ring (bicyclic) bond motifs is 5. The van der Waals surface area contributed by atoms with Gasteiger partial charge < -0.3 is 5.11 Å². The third-order valence-corrected chi connectivity index (χ3v) is 8.63. The molecule has 1 heterocycles. The highest BCUT2D eigenvalue weighted by atomic mass is 16.3. The fourth-order valence-electron chi connectivity index (χ4n) is 7.18. The minimum atomic E-state index is -0.106. The molecule has 0 aromatic carbocycles. The number of pyridine rings is 1. The SMILES string of the molecule is CC12CCC3C(CC=C4C[C@@H](O)CC[C@@]43C)C1CC=C2c1cccnc1. The molecular formula is C24H31NO. The van der Waals surface area contributed by atoms with Gasteiger partial charge in [0.2, 0.25) is 0 Å². The molecule has 4 unspecified atom stereocenters. The van der Waals surface area contributed by atoms with Crippen LogP contribution in [0.3, 0.4) is 0 Å². The van der Waals surface area contributed by atoms with Gasteiger partial charge in [0.25, 0.3) is 0 Å². The van der Waals surface area contributed by atoms with E-state index in [0.717, 1.165) is 30.6 Å². The van der Waals surface area contributed by atoms with Crippen LogP contribution in [0.4, 0.5) is 0 Å². The minimum Gasteiger partial charge on any atom is -0.393 e. The second-order valence-electron chi connectivity index (χ2n) is 9.71. The summed E-state index contributed by atoms with van der Waals surface area (Å²) in [5.41, 5.74) is 5.09. The van der Waals surface area contributed by atoms with E-state index in [1.54, 1.807) is 11.1 Å². The molecule has 138 valence electrons. The number of aliphatic hydroxyl groups is 1. The molecule has 26 heavy (non-hydrogen) atoms. The lowest BCUT2D eigenvalue weighted by atomic mass is 9.47. The molecule has 4 aliphatic rings. The van der Waals surface area contributed by atoms with Gasteiger partial charge in [-0.3, -0.25) is 4.98 Å². The number of allylic oxidation sites excluding steroid dienone is 3. The number of hydrogen-bond acceptors (Lipinski definition) is 2. The highest BCUT2D eigenvalue weighted by molar-refractivity contribution is 5.72. The zero-order valence-corrected chi connectivity index (χ0v) is 16.1. The quantitative estimate of drug-likeness (QED) is 0.689. The first-order chi connectivity index (χ1) is 12.5. The van der Waals surface area contributed by atoms with Gasteiger partial charge in [-0.2, -0.15) is 0 Å². The molecule has 0 aliphatic heterocycles. The summed E-state index contributed by atoms with van der Waals surface area (Å²) < 4.78 is 0. The van der Waals surface area contributed by atoms with Crippen molar-refractivity contribution in [1.29, 1.82) is 0 Å². The number of hydrogen-bond donors (Lipinski definition) is 1. The van der Waals surface area contributed by atoms with Crippen LogP contribution in [-0.2, 0) is 0 Å². The van der Waals surface area contributed by atoms with Crippen LogP contribution in [0.2, 0.25) is 0 Å². The molecule has 0 bridgehead atoms. The first-order valence-corrected chi connectivity index (χ1v) is 10.5. The molecule has 1 aromatic rings. The van der Waals surface area contributed by atoms with E-state index >= 15 is 0 Å². The largest absolute Gasteiger partial charge is 0.393 e. The van der Waals surface area contributed by atoms with Crippen LogP contribution in [0.5, 0.6) is 0 Å². The van der Waals surface area contributed by atoms with Gasteiger partial charge in [-0.25, -0.2) is 0 Å². The Kier molecular flexibility index (Phi) is 3.73. The summed E-state index contributed by atoms with van der Waals surface area (Å²) in [6.45, 7) is 5.03. The standard InChI is InChI=1S/C24H31NO/c1-23-11-9-18(26)14-17(23)5-6-19-21-8-7-20(16-4-3-13-25-15-16)24(21,2)12-10-22(19)23/h3-5,7,13,15,18-19,21-22,26H,6,8-12,14H2,1-2H3/t18-,19?,21?,22?,23-,24?/m0/s1. The fourth-order valence-corrected chi connectivity index (χ4v) is 7.18. The normalized spacial score (nSPS) is 44.4. The molecule has 0 spiro atoms. The molecule has 6 atom stereocenters.